The number of nitrogens with one attached hydrogen (secondary N) is 1. The topological polar surface area (TPSA) is 59.4 Å². The van der Waals surface area contributed by atoms with Crippen molar-refractivity contribution in [1.29, 1.82) is 0 Å². The Morgan fingerprint density at radius 1 is 1.29 bits per heavy atom. The highest BCUT2D eigenvalue weighted by atomic mass is 16.5. The Balaban J connectivity index is 2.03. The molecule has 1 aromatic carbocycles. The molecule has 0 fully saturated rings. The van der Waals surface area contributed by atoms with E-state index in [9.17, 15) is 4.79 Å². The number of benzene rings is 1. The van der Waals surface area contributed by atoms with Crippen molar-refractivity contribution in [2.45, 2.75) is 20.8 Å². The third-order valence-corrected chi connectivity index (χ3v) is 3.93. The van der Waals surface area contributed by atoms with Crippen LogP contribution in [0.3, 0.4) is 0 Å². The minimum atomic E-state index is -0.196. The fraction of sp³-hybridized carbons (Fsp3) is 0.444. The first-order valence-electron chi connectivity index (χ1n) is 8.31. The first-order valence-corrected chi connectivity index (χ1v) is 8.31. The third kappa shape index (κ3) is 4.58. The molecule has 0 spiro atoms. The number of amides is 1. The Morgan fingerprint density at radius 2 is 2.00 bits per heavy atom. The molecule has 130 valence electrons. The highest BCUT2D eigenvalue weighted by Crippen LogP contribution is 2.24. The van der Waals surface area contributed by atoms with Gasteiger partial charge >= 0.3 is 0 Å². The molecule has 0 radical (unpaired) electrons. The number of nitrogens with zero attached hydrogens (tertiary/aromatic N) is 3. The molecule has 0 unspecified atom stereocenters. The van der Waals surface area contributed by atoms with Gasteiger partial charge in [-0.2, -0.15) is 5.10 Å². The Kier molecular flexibility index (Phi) is 6.37. The van der Waals surface area contributed by atoms with Gasteiger partial charge in [-0.25, -0.2) is 0 Å². The quantitative estimate of drug-likeness (QED) is 0.808. The summed E-state index contributed by atoms with van der Waals surface area (Å²) in [7, 11) is 1.76. The van der Waals surface area contributed by atoms with Crippen molar-refractivity contribution in [3.05, 3.63) is 41.7 Å². The van der Waals surface area contributed by atoms with Crippen LogP contribution in [0.25, 0.3) is 0 Å². The molecule has 0 aliphatic heterocycles. The number of aromatic nitrogens is 2. The maximum absolute atomic E-state index is 12.4. The van der Waals surface area contributed by atoms with Gasteiger partial charge in [-0.15, -0.1) is 0 Å². The van der Waals surface area contributed by atoms with E-state index < -0.39 is 0 Å². The predicted octanol–water partition coefficient (Wildman–Crippen LogP) is 2.70. The van der Waals surface area contributed by atoms with Crippen molar-refractivity contribution in [1.82, 2.24) is 14.7 Å². The number of para-hydroxylation sites is 2. The van der Waals surface area contributed by atoms with Crippen LogP contribution in [0.5, 0.6) is 5.75 Å². The highest BCUT2D eigenvalue weighted by Gasteiger charge is 2.14. The average molecular weight is 330 g/mol. The van der Waals surface area contributed by atoms with Crippen LogP contribution in [0.1, 0.15) is 30.0 Å². The van der Waals surface area contributed by atoms with E-state index in [1.807, 2.05) is 31.2 Å². The molecule has 1 N–H and O–H groups in total. The second kappa shape index (κ2) is 8.49. The summed E-state index contributed by atoms with van der Waals surface area (Å²) in [5.41, 5.74) is 2.00. The summed E-state index contributed by atoms with van der Waals surface area (Å²) in [4.78, 5) is 14.7. The van der Waals surface area contributed by atoms with Crippen molar-refractivity contribution >= 4 is 11.6 Å². The van der Waals surface area contributed by atoms with Gasteiger partial charge in [0, 0.05) is 13.6 Å². The summed E-state index contributed by atoms with van der Waals surface area (Å²) in [6, 6.07) is 9.25. The van der Waals surface area contributed by atoms with Gasteiger partial charge in [0.2, 0.25) is 0 Å². The molecule has 6 nitrogen and oxygen atoms in total. The SMILES string of the molecule is CCN(CC)CCOc1ccccc1NC(=O)c1cc(C)nn1C. The number of aryl methyl sites for hydroxylation is 2. The number of hydrogen-bond acceptors (Lipinski definition) is 4. The zero-order valence-electron chi connectivity index (χ0n) is 14.9. The monoisotopic (exact) mass is 330 g/mol. The summed E-state index contributed by atoms with van der Waals surface area (Å²) in [6.07, 6.45) is 0. The van der Waals surface area contributed by atoms with Crippen molar-refractivity contribution in [3.63, 3.8) is 0 Å². The van der Waals surface area contributed by atoms with E-state index in [-0.39, 0.29) is 5.91 Å². The second-order valence-electron chi connectivity index (χ2n) is 5.62. The van der Waals surface area contributed by atoms with Crippen LogP contribution in [-0.2, 0) is 7.05 Å². The summed E-state index contributed by atoms with van der Waals surface area (Å²) in [6.45, 7) is 9.56. The fourth-order valence-electron chi connectivity index (χ4n) is 2.53. The minimum absolute atomic E-state index is 0.196. The Bertz CT molecular complexity index is 677. The summed E-state index contributed by atoms with van der Waals surface area (Å²) in [5, 5.41) is 7.11. The molecule has 2 rings (SSSR count). The van der Waals surface area contributed by atoms with Crippen LogP contribution in [0.4, 0.5) is 5.69 Å². The van der Waals surface area contributed by atoms with Crippen molar-refractivity contribution in [2.24, 2.45) is 7.05 Å². The molecule has 0 saturated heterocycles. The Hall–Kier alpha value is -2.34. The van der Waals surface area contributed by atoms with Gasteiger partial charge in [0.25, 0.3) is 5.91 Å². The third-order valence-electron chi connectivity index (χ3n) is 3.93. The molecular weight excluding hydrogens is 304 g/mol. The molecule has 0 aliphatic rings. The second-order valence-corrected chi connectivity index (χ2v) is 5.62. The number of anilines is 1. The molecule has 0 atom stereocenters. The lowest BCUT2D eigenvalue weighted by Gasteiger charge is -2.19. The summed E-state index contributed by atoms with van der Waals surface area (Å²) in [5.74, 6) is 0.481. The number of carbonyl (C=O) groups is 1. The van der Waals surface area contributed by atoms with E-state index in [1.54, 1.807) is 17.8 Å². The van der Waals surface area contributed by atoms with Gasteiger partial charge in [0.15, 0.2) is 0 Å². The maximum Gasteiger partial charge on any atom is 0.274 e. The average Bonchev–Trinajstić information content (AvgIpc) is 2.91. The van der Waals surface area contributed by atoms with Crippen LogP contribution < -0.4 is 10.1 Å². The number of carbonyl (C=O) groups excluding carboxylic acids is 1. The first kappa shape index (κ1) is 18.0. The van der Waals surface area contributed by atoms with E-state index in [0.29, 0.717) is 23.7 Å². The lowest BCUT2D eigenvalue weighted by atomic mass is 10.2. The molecule has 6 heteroatoms. The molecule has 0 aliphatic carbocycles. The number of hydrogen-bond donors (Lipinski definition) is 1. The first-order chi connectivity index (χ1) is 11.5. The normalized spacial score (nSPS) is 10.9. The molecular formula is C18H26N4O2. The zero-order chi connectivity index (χ0) is 17.5. The van der Waals surface area contributed by atoms with Crippen LogP contribution in [0.15, 0.2) is 30.3 Å². The van der Waals surface area contributed by atoms with E-state index in [1.165, 1.54) is 0 Å². The maximum atomic E-state index is 12.4. The van der Waals surface area contributed by atoms with Crippen LogP contribution in [0, 0.1) is 6.92 Å². The van der Waals surface area contributed by atoms with Gasteiger partial charge < -0.3 is 15.0 Å². The molecule has 1 amide bonds. The Labute approximate surface area is 143 Å². The predicted molar refractivity (Wildman–Crippen MR) is 95.6 cm³/mol. The molecule has 24 heavy (non-hydrogen) atoms. The highest BCUT2D eigenvalue weighted by molar-refractivity contribution is 6.03. The lowest BCUT2D eigenvalue weighted by Crippen LogP contribution is -2.28. The number of ether oxygens (including phenoxy) is 1. The van der Waals surface area contributed by atoms with Crippen LogP contribution in [-0.4, -0.2) is 46.8 Å². The molecule has 0 bridgehead atoms. The lowest BCUT2D eigenvalue weighted by molar-refractivity contribution is 0.101. The Morgan fingerprint density at radius 3 is 2.62 bits per heavy atom. The molecule has 2 aromatic rings. The van der Waals surface area contributed by atoms with Gasteiger partial charge in [-0.05, 0) is 38.2 Å². The van der Waals surface area contributed by atoms with Gasteiger partial charge in [-0.1, -0.05) is 26.0 Å². The van der Waals surface area contributed by atoms with Crippen molar-refractivity contribution in [3.8, 4) is 5.75 Å². The smallest absolute Gasteiger partial charge is 0.274 e. The number of likely N-dealkylation sites (N-methyl/N-ethyl adjacent to an activating group) is 1. The largest absolute Gasteiger partial charge is 0.490 e. The number of rotatable bonds is 8. The van der Waals surface area contributed by atoms with E-state index >= 15 is 0 Å². The fourth-order valence-corrected chi connectivity index (χ4v) is 2.53. The standard InChI is InChI=1S/C18H26N4O2/c1-5-22(6-2)11-12-24-17-10-8-7-9-15(17)19-18(23)16-13-14(3)20-21(16)4/h7-10,13H,5-6,11-12H2,1-4H3,(H,19,23). The summed E-state index contributed by atoms with van der Waals surface area (Å²) < 4.78 is 7.44. The van der Waals surface area contributed by atoms with Gasteiger partial charge in [0.1, 0.15) is 18.1 Å². The summed E-state index contributed by atoms with van der Waals surface area (Å²) >= 11 is 0. The van der Waals surface area contributed by atoms with Crippen LogP contribution in [0.2, 0.25) is 0 Å². The molecule has 0 saturated carbocycles. The molecule has 1 heterocycles. The van der Waals surface area contributed by atoms with E-state index in [0.717, 1.165) is 25.3 Å². The van der Waals surface area contributed by atoms with Crippen LogP contribution >= 0.6 is 0 Å². The van der Waals surface area contributed by atoms with E-state index in [2.05, 4.69) is 29.2 Å². The van der Waals surface area contributed by atoms with Gasteiger partial charge in [-0.3, -0.25) is 9.48 Å². The molecule has 1 aromatic heterocycles. The van der Waals surface area contributed by atoms with Crippen molar-refractivity contribution < 1.29 is 9.53 Å². The van der Waals surface area contributed by atoms with Gasteiger partial charge in [0.05, 0.1) is 11.4 Å². The van der Waals surface area contributed by atoms with E-state index in [4.69, 9.17) is 4.74 Å². The minimum Gasteiger partial charge on any atom is -0.490 e. The van der Waals surface area contributed by atoms with Crippen molar-refractivity contribution in [2.75, 3.05) is 31.6 Å². The zero-order valence-corrected chi connectivity index (χ0v) is 14.9.